The van der Waals surface area contributed by atoms with Crippen molar-refractivity contribution in [2.24, 2.45) is 5.16 Å². The molecular formula is C6H10FN3O3S2. The summed E-state index contributed by atoms with van der Waals surface area (Å²) in [6.07, 6.45) is 0.721. The Labute approximate surface area is 94.8 Å². The number of amides is 2. The normalized spacial score (nSPS) is 10.1. The summed E-state index contributed by atoms with van der Waals surface area (Å²) in [6, 6.07) is 0. The number of hydrogen-bond donors (Lipinski definition) is 1. The van der Waals surface area contributed by atoms with E-state index in [0.29, 0.717) is 17.9 Å². The standard InChI is InChI=1S/C6H10FN3O3S2/c1-10(15-9-5(7)11)6(12)13-8-3-4-14-2/h3H,4H2,1-2H3,(H,9,11). The second-order valence-electron chi connectivity index (χ2n) is 2.07. The van der Waals surface area contributed by atoms with Gasteiger partial charge >= 0.3 is 12.3 Å². The second kappa shape index (κ2) is 8.36. The number of oxime groups is 1. The van der Waals surface area contributed by atoms with Crippen LogP contribution in [0.4, 0.5) is 14.0 Å². The number of nitrogens with zero attached hydrogens (tertiary/aromatic N) is 2. The number of carbonyl (C=O) groups excluding carboxylic acids is 2. The van der Waals surface area contributed by atoms with Crippen molar-refractivity contribution in [2.45, 2.75) is 0 Å². The maximum Gasteiger partial charge on any atom is 0.447 e. The van der Waals surface area contributed by atoms with Gasteiger partial charge < -0.3 is 0 Å². The summed E-state index contributed by atoms with van der Waals surface area (Å²) in [5.41, 5.74) is 0. The molecule has 0 radical (unpaired) electrons. The third-order valence-electron chi connectivity index (χ3n) is 0.966. The summed E-state index contributed by atoms with van der Waals surface area (Å²) in [7, 11) is 1.30. The van der Waals surface area contributed by atoms with Crippen LogP contribution in [0.25, 0.3) is 0 Å². The van der Waals surface area contributed by atoms with E-state index in [9.17, 15) is 14.0 Å². The molecular weight excluding hydrogens is 245 g/mol. The molecule has 0 bridgehead atoms. The second-order valence-corrected chi connectivity index (χ2v) is 3.91. The summed E-state index contributed by atoms with van der Waals surface area (Å²) >= 11 is 1.97. The molecule has 0 aromatic heterocycles. The van der Waals surface area contributed by atoms with Gasteiger partial charge in [-0.2, -0.15) is 11.8 Å². The van der Waals surface area contributed by atoms with Crippen molar-refractivity contribution in [2.75, 3.05) is 19.1 Å². The molecule has 0 atom stereocenters. The maximum atomic E-state index is 11.7. The Morgan fingerprint density at radius 3 is 2.87 bits per heavy atom. The van der Waals surface area contributed by atoms with Crippen LogP contribution >= 0.6 is 23.9 Å². The zero-order chi connectivity index (χ0) is 11.7. The van der Waals surface area contributed by atoms with Crippen LogP contribution in [-0.2, 0) is 4.84 Å². The van der Waals surface area contributed by atoms with Gasteiger partial charge in [0.2, 0.25) is 0 Å². The molecule has 0 rings (SSSR count). The lowest BCUT2D eigenvalue weighted by Crippen LogP contribution is -2.24. The van der Waals surface area contributed by atoms with Gasteiger partial charge in [0, 0.05) is 12.8 Å². The van der Waals surface area contributed by atoms with Gasteiger partial charge in [-0.3, -0.25) is 9.56 Å². The molecule has 0 saturated carbocycles. The average molecular weight is 255 g/mol. The van der Waals surface area contributed by atoms with E-state index in [1.807, 2.05) is 6.26 Å². The van der Waals surface area contributed by atoms with Crippen LogP contribution < -0.4 is 4.72 Å². The highest BCUT2D eigenvalue weighted by molar-refractivity contribution is 7.99. The van der Waals surface area contributed by atoms with Gasteiger partial charge in [0.05, 0.1) is 18.3 Å². The van der Waals surface area contributed by atoms with Crippen LogP contribution in [-0.4, -0.2) is 41.8 Å². The van der Waals surface area contributed by atoms with E-state index in [2.05, 4.69) is 9.99 Å². The fourth-order valence-electron chi connectivity index (χ4n) is 0.386. The molecule has 0 unspecified atom stereocenters. The Kier molecular flexibility index (Phi) is 7.82. The molecule has 0 aliphatic rings. The molecule has 6 nitrogen and oxygen atoms in total. The molecule has 0 aliphatic heterocycles. The molecule has 15 heavy (non-hydrogen) atoms. The molecule has 9 heteroatoms. The number of thioether (sulfide) groups is 1. The fraction of sp³-hybridized carbons (Fsp3) is 0.500. The van der Waals surface area contributed by atoms with E-state index in [1.54, 1.807) is 4.72 Å². The predicted molar refractivity (Wildman–Crippen MR) is 58.3 cm³/mol. The van der Waals surface area contributed by atoms with Gasteiger partial charge in [0.1, 0.15) is 0 Å². The Morgan fingerprint density at radius 1 is 1.67 bits per heavy atom. The minimum atomic E-state index is -1.74. The molecule has 0 spiro atoms. The third kappa shape index (κ3) is 8.06. The van der Waals surface area contributed by atoms with Gasteiger partial charge in [-0.25, -0.2) is 13.9 Å². The first-order valence-corrected chi connectivity index (χ1v) is 5.82. The van der Waals surface area contributed by atoms with Crippen LogP contribution in [0.2, 0.25) is 0 Å². The Morgan fingerprint density at radius 2 is 2.33 bits per heavy atom. The molecule has 0 aliphatic carbocycles. The number of halogens is 1. The van der Waals surface area contributed by atoms with Crippen LogP contribution in [0, 0.1) is 0 Å². The van der Waals surface area contributed by atoms with Crippen molar-refractivity contribution in [3.05, 3.63) is 0 Å². The number of rotatable bonds is 5. The minimum Gasteiger partial charge on any atom is -0.298 e. The number of hydrogen-bond acceptors (Lipinski definition) is 6. The smallest absolute Gasteiger partial charge is 0.298 e. The summed E-state index contributed by atoms with van der Waals surface area (Å²) < 4.78 is 14.3. The van der Waals surface area contributed by atoms with Gasteiger partial charge in [-0.1, -0.05) is 5.16 Å². The van der Waals surface area contributed by atoms with Crippen molar-refractivity contribution in [3.63, 3.8) is 0 Å². The molecule has 0 heterocycles. The van der Waals surface area contributed by atoms with Gasteiger partial charge in [0.25, 0.3) is 0 Å². The number of carbonyl (C=O) groups is 2. The molecule has 0 fully saturated rings. The van der Waals surface area contributed by atoms with Gasteiger partial charge in [0.15, 0.2) is 0 Å². The highest BCUT2D eigenvalue weighted by atomic mass is 32.2. The topological polar surface area (TPSA) is 71.0 Å². The third-order valence-corrected chi connectivity index (χ3v) is 2.12. The van der Waals surface area contributed by atoms with Crippen molar-refractivity contribution in [1.82, 2.24) is 9.03 Å². The summed E-state index contributed by atoms with van der Waals surface area (Å²) in [6.45, 7) is 0. The molecule has 0 aromatic rings. The molecule has 1 N–H and O–H groups in total. The quantitative estimate of drug-likeness (QED) is 0.202. The van der Waals surface area contributed by atoms with Gasteiger partial charge in [-0.05, 0) is 6.26 Å². The van der Waals surface area contributed by atoms with E-state index >= 15 is 0 Å². The summed E-state index contributed by atoms with van der Waals surface area (Å²) in [5, 5.41) is 3.35. The lowest BCUT2D eigenvalue weighted by atomic mass is 10.9. The number of nitrogens with one attached hydrogen (secondary N) is 1. The van der Waals surface area contributed by atoms with E-state index in [-0.39, 0.29) is 0 Å². The van der Waals surface area contributed by atoms with Crippen molar-refractivity contribution in [3.8, 4) is 0 Å². The monoisotopic (exact) mass is 255 g/mol. The van der Waals surface area contributed by atoms with Crippen LogP contribution in [0.1, 0.15) is 0 Å². The Hall–Kier alpha value is -0.960. The van der Waals surface area contributed by atoms with Crippen LogP contribution in [0.15, 0.2) is 5.16 Å². The zero-order valence-electron chi connectivity index (χ0n) is 8.10. The van der Waals surface area contributed by atoms with E-state index in [4.69, 9.17) is 0 Å². The molecule has 2 amide bonds. The van der Waals surface area contributed by atoms with Crippen molar-refractivity contribution in [1.29, 1.82) is 0 Å². The van der Waals surface area contributed by atoms with Gasteiger partial charge in [-0.15, -0.1) is 4.39 Å². The lowest BCUT2D eigenvalue weighted by Gasteiger charge is -2.10. The molecule has 86 valence electrons. The highest BCUT2D eigenvalue weighted by Crippen LogP contribution is 2.04. The van der Waals surface area contributed by atoms with Crippen LogP contribution in [0.5, 0.6) is 0 Å². The molecule has 0 aromatic carbocycles. The highest BCUT2D eigenvalue weighted by Gasteiger charge is 2.11. The lowest BCUT2D eigenvalue weighted by molar-refractivity contribution is 0.137. The van der Waals surface area contributed by atoms with E-state index < -0.39 is 12.3 Å². The predicted octanol–water partition coefficient (Wildman–Crippen LogP) is 1.65. The van der Waals surface area contributed by atoms with E-state index in [0.717, 1.165) is 4.31 Å². The fourth-order valence-corrected chi connectivity index (χ4v) is 0.913. The van der Waals surface area contributed by atoms with Crippen molar-refractivity contribution >= 4 is 42.4 Å². The first-order chi connectivity index (χ1) is 7.07. The minimum absolute atomic E-state index is 0.462. The largest absolute Gasteiger partial charge is 0.447 e. The molecule has 0 saturated heterocycles. The summed E-state index contributed by atoms with van der Waals surface area (Å²) in [5.74, 6) is 0.616. The van der Waals surface area contributed by atoms with Crippen LogP contribution in [0.3, 0.4) is 0 Å². The van der Waals surface area contributed by atoms with Crippen molar-refractivity contribution < 1.29 is 18.8 Å². The Balaban J connectivity index is 3.73. The first-order valence-electron chi connectivity index (χ1n) is 3.65. The first kappa shape index (κ1) is 14.0. The Bertz CT molecular complexity index is 252. The average Bonchev–Trinajstić information content (AvgIpc) is 2.20. The summed E-state index contributed by atoms with van der Waals surface area (Å²) in [4.78, 5) is 25.3. The zero-order valence-corrected chi connectivity index (χ0v) is 9.73. The van der Waals surface area contributed by atoms with E-state index in [1.165, 1.54) is 25.0 Å². The maximum absolute atomic E-state index is 11.7. The SMILES string of the molecule is CSCC=NOC(=O)N(C)SNC(=O)F.